The molecule has 0 aliphatic carbocycles. The number of fused-ring (bicyclic) bond motifs is 1. The predicted octanol–water partition coefficient (Wildman–Crippen LogP) is 3.54. The number of pyridine rings is 1. The Hall–Kier alpha value is -1.76. The minimum atomic E-state index is -0.00156. The fourth-order valence-corrected chi connectivity index (χ4v) is 4.30. The van der Waals surface area contributed by atoms with E-state index in [9.17, 15) is 4.79 Å². The molecule has 0 aromatic carbocycles. The number of hydrogen-bond acceptors (Lipinski definition) is 5. The van der Waals surface area contributed by atoms with Gasteiger partial charge in [-0.25, -0.2) is 4.98 Å². The van der Waals surface area contributed by atoms with Crippen LogP contribution in [-0.2, 0) is 6.54 Å². The standard InChI is InChI=1S/C17H17ClN4OS/c18-16-14(22-8-9-24-17(22)20-16)11-21-7-3-4-12(10-21)15(23)13-5-1-2-6-19-13/h1-2,5-6,8-9,12H,3-4,7,10-11H2/t12-/m1/s1. The molecule has 1 aliphatic rings. The van der Waals surface area contributed by atoms with Crippen LogP contribution in [0.25, 0.3) is 4.96 Å². The van der Waals surface area contributed by atoms with Gasteiger partial charge in [0.2, 0.25) is 0 Å². The maximum absolute atomic E-state index is 12.7. The highest BCUT2D eigenvalue weighted by Crippen LogP contribution is 2.26. The van der Waals surface area contributed by atoms with Crippen molar-refractivity contribution in [3.8, 4) is 0 Å². The summed E-state index contributed by atoms with van der Waals surface area (Å²) in [5, 5.41) is 2.56. The van der Waals surface area contributed by atoms with Crippen molar-refractivity contribution < 1.29 is 4.79 Å². The summed E-state index contributed by atoms with van der Waals surface area (Å²) in [6.07, 6.45) is 5.59. The number of ketones is 1. The number of thiazole rings is 1. The van der Waals surface area contributed by atoms with Crippen LogP contribution in [-0.4, -0.2) is 38.1 Å². The molecule has 24 heavy (non-hydrogen) atoms. The van der Waals surface area contributed by atoms with Gasteiger partial charge in [0.15, 0.2) is 15.9 Å². The lowest BCUT2D eigenvalue weighted by molar-refractivity contribution is 0.0805. The smallest absolute Gasteiger partial charge is 0.195 e. The van der Waals surface area contributed by atoms with E-state index in [4.69, 9.17) is 11.6 Å². The number of halogens is 1. The highest BCUT2D eigenvalue weighted by molar-refractivity contribution is 7.15. The zero-order valence-corrected chi connectivity index (χ0v) is 14.6. The van der Waals surface area contributed by atoms with E-state index in [2.05, 4.69) is 14.9 Å². The van der Waals surface area contributed by atoms with Gasteiger partial charge in [0, 0.05) is 36.8 Å². The summed E-state index contributed by atoms with van der Waals surface area (Å²) in [5.41, 5.74) is 1.56. The summed E-state index contributed by atoms with van der Waals surface area (Å²) >= 11 is 7.87. The summed E-state index contributed by atoms with van der Waals surface area (Å²) in [4.78, 5) is 24.4. The van der Waals surface area contributed by atoms with Crippen LogP contribution in [0, 0.1) is 5.92 Å². The third kappa shape index (κ3) is 2.97. The van der Waals surface area contributed by atoms with E-state index < -0.39 is 0 Å². The van der Waals surface area contributed by atoms with E-state index in [0.717, 1.165) is 36.6 Å². The summed E-state index contributed by atoms with van der Waals surface area (Å²) in [7, 11) is 0. The Bertz CT molecular complexity index is 860. The van der Waals surface area contributed by atoms with Crippen LogP contribution in [0.4, 0.5) is 0 Å². The molecule has 124 valence electrons. The van der Waals surface area contributed by atoms with E-state index in [1.54, 1.807) is 23.6 Å². The van der Waals surface area contributed by atoms with Gasteiger partial charge in [-0.3, -0.25) is 19.1 Å². The zero-order chi connectivity index (χ0) is 16.5. The first-order valence-electron chi connectivity index (χ1n) is 8.00. The molecule has 0 bridgehead atoms. The van der Waals surface area contributed by atoms with Crippen molar-refractivity contribution in [1.82, 2.24) is 19.3 Å². The first kappa shape index (κ1) is 15.7. The van der Waals surface area contributed by atoms with Crippen molar-refractivity contribution in [2.24, 2.45) is 5.92 Å². The van der Waals surface area contributed by atoms with Crippen LogP contribution >= 0.6 is 22.9 Å². The van der Waals surface area contributed by atoms with E-state index in [1.807, 2.05) is 28.1 Å². The topological polar surface area (TPSA) is 50.5 Å². The van der Waals surface area contributed by atoms with Crippen molar-refractivity contribution in [1.29, 1.82) is 0 Å². The van der Waals surface area contributed by atoms with Gasteiger partial charge in [-0.15, -0.1) is 11.3 Å². The van der Waals surface area contributed by atoms with Crippen molar-refractivity contribution in [2.45, 2.75) is 19.4 Å². The quantitative estimate of drug-likeness (QED) is 0.668. The molecule has 1 atom stereocenters. The molecule has 4 rings (SSSR count). The number of imidazole rings is 1. The lowest BCUT2D eigenvalue weighted by Crippen LogP contribution is -2.38. The maximum atomic E-state index is 12.7. The molecule has 0 saturated carbocycles. The SMILES string of the molecule is O=C(c1ccccn1)[C@@H]1CCCN(Cc2c(Cl)nc3sccn23)C1. The number of carbonyl (C=O) groups is 1. The van der Waals surface area contributed by atoms with Gasteiger partial charge >= 0.3 is 0 Å². The summed E-state index contributed by atoms with van der Waals surface area (Å²) in [6, 6.07) is 5.49. The Morgan fingerprint density at radius 1 is 1.42 bits per heavy atom. The van der Waals surface area contributed by atoms with Crippen LogP contribution in [0.3, 0.4) is 0 Å². The number of aromatic nitrogens is 3. The molecule has 1 aliphatic heterocycles. The molecule has 5 nitrogen and oxygen atoms in total. The Labute approximate surface area is 148 Å². The van der Waals surface area contributed by atoms with E-state index in [0.29, 0.717) is 17.4 Å². The number of carbonyl (C=O) groups excluding carboxylic acids is 1. The van der Waals surface area contributed by atoms with Crippen molar-refractivity contribution in [3.05, 3.63) is 52.5 Å². The largest absolute Gasteiger partial charge is 0.297 e. The summed E-state index contributed by atoms with van der Waals surface area (Å²) < 4.78 is 2.04. The maximum Gasteiger partial charge on any atom is 0.195 e. The van der Waals surface area contributed by atoms with Gasteiger partial charge in [0.25, 0.3) is 0 Å². The van der Waals surface area contributed by atoms with Gasteiger partial charge in [-0.2, -0.15) is 0 Å². The Kier molecular flexibility index (Phi) is 4.35. The fraction of sp³-hybridized carbons (Fsp3) is 0.353. The number of nitrogens with zero attached hydrogens (tertiary/aromatic N) is 4. The van der Waals surface area contributed by atoms with Gasteiger partial charge in [0.05, 0.1) is 5.69 Å². The minimum Gasteiger partial charge on any atom is -0.297 e. The van der Waals surface area contributed by atoms with E-state index in [1.165, 1.54) is 0 Å². The van der Waals surface area contributed by atoms with Gasteiger partial charge < -0.3 is 0 Å². The molecule has 0 N–H and O–H groups in total. The molecule has 1 saturated heterocycles. The van der Waals surface area contributed by atoms with Gasteiger partial charge in [-0.05, 0) is 31.5 Å². The Morgan fingerprint density at radius 2 is 2.33 bits per heavy atom. The highest BCUT2D eigenvalue weighted by Gasteiger charge is 2.28. The number of piperidine rings is 1. The van der Waals surface area contributed by atoms with Crippen LogP contribution in [0.1, 0.15) is 29.0 Å². The van der Waals surface area contributed by atoms with Crippen LogP contribution in [0.5, 0.6) is 0 Å². The van der Waals surface area contributed by atoms with Gasteiger partial charge in [0.1, 0.15) is 5.69 Å². The number of Topliss-reactive ketones (excluding diaryl/α,β-unsaturated/α-hetero) is 1. The molecule has 0 unspecified atom stereocenters. The van der Waals surface area contributed by atoms with Crippen LogP contribution < -0.4 is 0 Å². The summed E-state index contributed by atoms with van der Waals surface area (Å²) in [5.74, 6) is 0.138. The van der Waals surface area contributed by atoms with Crippen molar-refractivity contribution >= 4 is 33.7 Å². The first-order valence-corrected chi connectivity index (χ1v) is 9.25. The predicted molar refractivity (Wildman–Crippen MR) is 94.6 cm³/mol. The van der Waals surface area contributed by atoms with Crippen molar-refractivity contribution in [3.63, 3.8) is 0 Å². The second kappa shape index (κ2) is 6.63. The van der Waals surface area contributed by atoms with Crippen LogP contribution in [0.2, 0.25) is 5.15 Å². The third-order valence-corrected chi connectivity index (χ3v) is 5.54. The average molecular weight is 361 g/mol. The van der Waals surface area contributed by atoms with Gasteiger partial charge in [-0.1, -0.05) is 17.7 Å². The van der Waals surface area contributed by atoms with E-state index >= 15 is 0 Å². The Balaban J connectivity index is 1.50. The molecule has 7 heteroatoms. The lowest BCUT2D eigenvalue weighted by Gasteiger charge is -2.31. The molecule has 1 fully saturated rings. The van der Waals surface area contributed by atoms with Crippen LogP contribution in [0.15, 0.2) is 36.0 Å². The second-order valence-electron chi connectivity index (χ2n) is 6.06. The molecule has 0 spiro atoms. The molecular formula is C17H17ClN4OS. The fourth-order valence-electron chi connectivity index (χ4n) is 3.29. The number of likely N-dealkylation sites (tertiary alicyclic amines) is 1. The molecule has 3 aromatic rings. The minimum absolute atomic E-state index is 0.00156. The monoisotopic (exact) mass is 360 g/mol. The molecule has 4 heterocycles. The summed E-state index contributed by atoms with van der Waals surface area (Å²) in [6.45, 7) is 2.42. The molecule has 0 amide bonds. The van der Waals surface area contributed by atoms with E-state index in [-0.39, 0.29) is 11.7 Å². The Morgan fingerprint density at radius 3 is 3.17 bits per heavy atom. The lowest BCUT2D eigenvalue weighted by atomic mass is 9.92. The first-order chi connectivity index (χ1) is 11.7. The third-order valence-electron chi connectivity index (χ3n) is 4.48. The highest BCUT2D eigenvalue weighted by atomic mass is 35.5. The second-order valence-corrected chi connectivity index (χ2v) is 7.29. The number of hydrogen-bond donors (Lipinski definition) is 0. The molecule has 3 aromatic heterocycles. The molecule has 0 radical (unpaired) electrons. The zero-order valence-electron chi connectivity index (χ0n) is 13.1. The normalized spacial score (nSPS) is 19.0. The van der Waals surface area contributed by atoms with Crippen molar-refractivity contribution in [2.75, 3.05) is 13.1 Å². The average Bonchev–Trinajstić information content (AvgIpc) is 3.18. The number of rotatable bonds is 4. The molecular weight excluding hydrogens is 344 g/mol.